The highest BCUT2D eigenvalue weighted by Crippen LogP contribution is 2.22. The lowest BCUT2D eigenvalue weighted by atomic mass is 10.0. The topological polar surface area (TPSA) is 95.9 Å². The molecule has 588 valence electrons. The number of carbonyl (C=O) groups excluding carboxylic acids is 2. The number of aliphatic hydroxyl groups excluding tert-OH is 2. The first-order chi connectivity index (χ1) is 49.0. The van der Waals surface area contributed by atoms with Crippen molar-refractivity contribution in [3.8, 4) is 0 Å². The van der Waals surface area contributed by atoms with Crippen LogP contribution >= 0.6 is 0 Å². The Hall–Kier alpha value is -1.66. The second-order valence-corrected chi connectivity index (χ2v) is 32.0. The van der Waals surface area contributed by atoms with Crippen LogP contribution in [0.4, 0.5) is 0 Å². The molecule has 3 N–H and O–H groups in total. The van der Waals surface area contributed by atoms with E-state index in [0.717, 1.165) is 44.9 Å². The number of nitrogens with one attached hydrogen (secondary N) is 1. The Kier molecular flexibility index (Phi) is 87.2. The SMILES string of the molecule is CCCCCCCCCCCCCCCCCCCCCCCCCCCC(O)C(CO)NC(=O)CCCCCCCCCCCCCCCCCCC/C=C\C/C=C\CCCCCCCCCCCCCCCCCOC(=O)CCCCCCCCCCCCCCCCCCCC. The zero-order valence-electron chi connectivity index (χ0n) is 67.8. The summed E-state index contributed by atoms with van der Waals surface area (Å²) in [6.45, 7) is 5.03. The van der Waals surface area contributed by atoms with Crippen LogP contribution in [0.1, 0.15) is 534 Å². The second kappa shape index (κ2) is 88.7. The normalized spacial score (nSPS) is 12.5. The number of unbranched alkanes of at least 4 members (excludes halogenated alkanes) is 73. The molecule has 1 amide bonds. The van der Waals surface area contributed by atoms with Crippen molar-refractivity contribution in [1.82, 2.24) is 5.32 Å². The number of ether oxygens (including phenoxy) is 1. The van der Waals surface area contributed by atoms with Gasteiger partial charge in [-0.15, -0.1) is 0 Å². The van der Waals surface area contributed by atoms with Gasteiger partial charge in [0.05, 0.1) is 25.4 Å². The third kappa shape index (κ3) is 85.2. The van der Waals surface area contributed by atoms with Gasteiger partial charge < -0.3 is 20.3 Å². The molecule has 0 fully saturated rings. The van der Waals surface area contributed by atoms with E-state index in [1.165, 1.54) is 456 Å². The maximum atomic E-state index is 12.6. The number of hydrogen-bond acceptors (Lipinski definition) is 5. The summed E-state index contributed by atoms with van der Waals surface area (Å²) >= 11 is 0. The summed E-state index contributed by atoms with van der Waals surface area (Å²) in [5.74, 6) is 0.000999. The van der Waals surface area contributed by atoms with Crippen LogP contribution in [0.5, 0.6) is 0 Å². The van der Waals surface area contributed by atoms with Crippen molar-refractivity contribution in [3.63, 3.8) is 0 Å². The molecular weight excluding hydrogens is 1210 g/mol. The van der Waals surface area contributed by atoms with Gasteiger partial charge in [-0.25, -0.2) is 0 Å². The Balaban J connectivity index is 3.34. The lowest BCUT2D eigenvalue weighted by Crippen LogP contribution is -2.45. The monoisotopic (exact) mass is 1390 g/mol. The number of aliphatic hydroxyl groups is 2. The average Bonchev–Trinajstić information content (AvgIpc) is 1.84. The molecule has 6 heteroatoms. The predicted octanol–water partition coefficient (Wildman–Crippen LogP) is 31.1. The van der Waals surface area contributed by atoms with E-state index < -0.39 is 12.1 Å². The summed E-state index contributed by atoms with van der Waals surface area (Å²) in [5, 5.41) is 23.5. The van der Waals surface area contributed by atoms with Crippen LogP contribution in [0.25, 0.3) is 0 Å². The molecule has 0 aromatic rings. The maximum Gasteiger partial charge on any atom is 0.305 e. The van der Waals surface area contributed by atoms with Crippen molar-refractivity contribution < 1.29 is 24.5 Å². The highest BCUT2D eigenvalue weighted by atomic mass is 16.5. The molecule has 0 aromatic carbocycles. The summed E-state index contributed by atoms with van der Waals surface area (Å²) in [7, 11) is 0. The van der Waals surface area contributed by atoms with Crippen molar-refractivity contribution in [3.05, 3.63) is 24.3 Å². The second-order valence-electron chi connectivity index (χ2n) is 32.0. The molecule has 2 atom stereocenters. The third-order valence-electron chi connectivity index (χ3n) is 22.0. The van der Waals surface area contributed by atoms with Gasteiger partial charge in [-0.05, 0) is 57.8 Å². The molecule has 0 aromatic heterocycles. The van der Waals surface area contributed by atoms with E-state index in [-0.39, 0.29) is 18.5 Å². The molecule has 0 bridgehead atoms. The van der Waals surface area contributed by atoms with Crippen molar-refractivity contribution in [1.29, 1.82) is 0 Å². The van der Waals surface area contributed by atoms with Crippen LogP contribution in [0, 0.1) is 0 Å². The maximum absolute atomic E-state index is 12.6. The van der Waals surface area contributed by atoms with Crippen LogP contribution in [-0.2, 0) is 14.3 Å². The van der Waals surface area contributed by atoms with Crippen LogP contribution in [0.2, 0.25) is 0 Å². The van der Waals surface area contributed by atoms with Crippen LogP contribution in [0.15, 0.2) is 24.3 Å². The molecule has 0 aliphatic carbocycles. The van der Waals surface area contributed by atoms with Crippen LogP contribution in [0.3, 0.4) is 0 Å². The lowest BCUT2D eigenvalue weighted by molar-refractivity contribution is -0.143. The zero-order valence-corrected chi connectivity index (χ0v) is 67.8. The van der Waals surface area contributed by atoms with E-state index in [1.54, 1.807) is 0 Å². The average molecular weight is 1390 g/mol. The third-order valence-corrected chi connectivity index (χ3v) is 22.0. The molecule has 0 rings (SSSR count). The largest absolute Gasteiger partial charge is 0.466 e. The van der Waals surface area contributed by atoms with Gasteiger partial charge in [-0.1, -0.05) is 488 Å². The molecule has 99 heavy (non-hydrogen) atoms. The molecule has 0 spiro atoms. The van der Waals surface area contributed by atoms with Gasteiger partial charge in [0.15, 0.2) is 0 Å². The predicted molar refractivity (Wildman–Crippen MR) is 440 cm³/mol. The molecular formula is C93H181NO5. The number of carbonyl (C=O) groups is 2. The van der Waals surface area contributed by atoms with E-state index in [2.05, 4.69) is 43.5 Å². The van der Waals surface area contributed by atoms with Crippen molar-refractivity contribution >= 4 is 11.9 Å². The summed E-state index contributed by atoms with van der Waals surface area (Å²) in [6, 6.07) is -0.541. The van der Waals surface area contributed by atoms with Crippen molar-refractivity contribution in [2.24, 2.45) is 0 Å². The van der Waals surface area contributed by atoms with E-state index >= 15 is 0 Å². The van der Waals surface area contributed by atoms with Gasteiger partial charge in [0.1, 0.15) is 0 Å². The quantitative estimate of drug-likeness (QED) is 0.0320. The fraction of sp³-hybridized carbons (Fsp3) is 0.935. The van der Waals surface area contributed by atoms with Crippen molar-refractivity contribution in [2.45, 2.75) is 546 Å². The molecule has 0 aliphatic rings. The van der Waals surface area contributed by atoms with Gasteiger partial charge in [0, 0.05) is 12.8 Å². The fourth-order valence-electron chi connectivity index (χ4n) is 15.0. The fourth-order valence-corrected chi connectivity index (χ4v) is 15.0. The molecule has 0 saturated heterocycles. The summed E-state index contributed by atoms with van der Waals surface area (Å²) in [5.41, 5.74) is 0. The van der Waals surface area contributed by atoms with Crippen molar-refractivity contribution in [2.75, 3.05) is 13.2 Å². The number of rotatable bonds is 88. The van der Waals surface area contributed by atoms with Gasteiger partial charge in [0.2, 0.25) is 5.91 Å². The van der Waals surface area contributed by atoms with E-state index in [4.69, 9.17) is 4.74 Å². The molecule has 0 saturated carbocycles. The van der Waals surface area contributed by atoms with E-state index in [9.17, 15) is 19.8 Å². The molecule has 0 heterocycles. The Bertz CT molecular complexity index is 1560. The minimum absolute atomic E-state index is 0.0252. The van der Waals surface area contributed by atoms with Crippen LogP contribution in [-0.4, -0.2) is 47.4 Å². The van der Waals surface area contributed by atoms with Gasteiger partial charge >= 0.3 is 5.97 Å². The summed E-state index contributed by atoms with van der Waals surface area (Å²) in [6.07, 6.45) is 116. The van der Waals surface area contributed by atoms with E-state index in [0.29, 0.717) is 25.9 Å². The molecule has 2 unspecified atom stereocenters. The smallest absolute Gasteiger partial charge is 0.305 e. The Morgan fingerprint density at radius 3 is 0.768 bits per heavy atom. The minimum Gasteiger partial charge on any atom is -0.466 e. The molecule has 6 nitrogen and oxygen atoms in total. The summed E-state index contributed by atoms with van der Waals surface area (Å²) in [4.78, 5) is 24.7. The Labute approximate surface area is 622 Å². The Morgan fingerprint density at radius 2 is 0.505 bits per heavy atom. The van der Waals surface area contributed by atoms with E-state index in [1.807, 2.05) is 0 Å². The van der Waals surface area contributed by atoms with Gasteiger partial charge in [0.25, 0.3) is 0 Å². The standard InChI is InChI=1S/C93H181NO5/c1-3-5-7-9-11-13-15-17-19-21-23-24-25-41-44-47-50-53-57-61-65-69-73-77-81-85-91(96)90(89-95)94-92(97)86-82-78-74-70-66-62-58-54-51-48-45-42-39-37-35-33-31-29-27-26-28-30-32-34-36-38-40-43-46-49-52-56-60-64-68-72-76-80-84-88-99-93(98)87-83-79-75-71-67-63-59-55-22-20-18-16-14-12-10-8-6-4-2/h26-27,30,32,90-91,95-96H,3-25,28-29,31,33-89H2,1-2H3,(H,94,97)/b27-26-,32-30-. The van der Waals surface area contributed by atoms with Gasteiger partial charge in [-0.3, -0.25) is 9.59 Å². The first kappa shape index (κ1) is 97.3. The Morgan fingerprint density at radius 1 is 0.283 bits per heavy atom. The first-order valence-electron chi connectivity index (χ1n) is 46.1. The number of amides is 1. The summed E-state index contributed by atoms with van der Waals surface area (Å²) < 4.78 is 5.52. The van der Waals surface area contributed by atoms with Crippen LogP contribution < -0.4 is 5.32 Å². The lowest BCUT2D eigenvalue weighted by Gasteiger charge is -2.22. The number of allylic oxidation sites excluding steroid dienone is 4. The highest BCUT2D eigenvalue weighted by Gasteiger charge is 2.20. The zero-order chi connectivity index (χ0) is 71.2. The van der Waals surface area contributed by atoms with Gasteiger partial charge in [-0.2, -0.15) is 0 Å². The molecule has 0 aliphatic heterocycles. The highest BCUT2D eigenvalue weighted by molar-refractivity contribution is 5.76. The minimum atomic E-state index is -0.664. The first-order valence-corrected chi connectivity index (χ1v) is 46.1. The number of hydrogen-bond donors (Lipinski definition) is 3. The number of esters is 1. The molecule has 0 radical (unpaired) electrons.